The van der Waals surface area contributed by atoms with Crippen LogP contribution in [0.3, 0.4) is 0 Å². The number of rotatable bonds is 54. The predicted molar refractivity (Wildman–Crippen MR) is 284 cm³/mol. The Kier molecular flexibility index (Phi) is 51.5. The van der Waals surface area contributed by atoms with E-state index in [2.05, 4.69) is 34.6 Å². The predicted octanol–water partition coefficient (Wildman–Crippen LogP) is 19.7. The summed E-state index contributed by atoms with van der Waals surface area (Å²) in [5, 5.41) is 0. The van der Waals surface area contributed by atoms with Gasteiger partial charge in [0.2, 0.25) is 0 Å². The second kappa shape index (κ2) is 52.8. The molecule has 0 saturated heterocycles. The number of esters is 3. The van der Waals surface area contributed by atoms with E-state index in [0.717, 1.165) is 69.6 Å². The van der Waals surface area contributed by atoms with Gasteiger partial charge in [0.05, 0.1) is 0 Å². The van der Waals surface area contributed by atoms with Crippen LogP contribution >= 0.6 is 0 Å². The molecular formula is C60H116O6. The van der Waals surface area contributed by atoms with Gasteiger partial charge < -0.3 is 14.2 Å². The SMILES string of the molecule is CCCCCCCCCCCCCCCCCC(=O)OC[C@H](COC(=O)CCCCCCCCCCCCCCC(C)C)OC(=O)CCCCCCCCCCCCCCCCCC(C)C. The minimum Gasteiger partial charge on any atom is -0.462 e. The maximum atomic E-state index is 12.9. The van der Waals surface area contributed by atoms with Crippen LogP contribution < -0.4 is 0 Å². The molecular weight excluding hydrogens is 817 g/mol. The second-order valence-electron chi connectivity index (χ2n) is 21.6. The number of unbranched alkanes of at least 4 members (excludes halogenated alkanes) is 39. The Morgan fingerprint density at radius 3 is 0.742 bits per heavy atom. The van der Waals surface area contributed by atoms with E-state index in [1.54, 1.807) is 0 Å². The Labute approximate surface area is 412 Å². The standard InChI is InChI=1S/C60H116O6/c1-6-7-8-9-10-11-12-13-15-19-25-30-35-40-45-50-58(61)64-53-57(54-65-59(62)51-46-41-36-31-26-22-21-24-29-34-39-44-49-56(4)5)66-60(63)52-47-42-37-32-27-20-17-14-16-18-23-28-33-38-43-48-55(2)3/h55-57H,6-54H2,1-5H3/t57-/m1/s1. The van der Waals surface area contributed by atoms with Crippen molar-refractivity contribution in [3.63, 3.8) is 0 Å². The highest BCUT2D eigenvalue weighted by atomic mass is 16.6. The summed E-state index contributed by atoms with van der Waals surface area (Å²) < 4.78 is 16.9. The van der Waals surface area contributed by atoms with Crippen LogP contribution in [0.25, 0.3) is 0 Å². The van der Waals surface area contributed by atoms with E-state index in [1.165, 1.54) is 225 Å². The summed E-state index contributed by atoms with van der Waals surface area (Å²) >= 11 is 0. The molecule has 1 atom stereocenters. The molecule has 0 saturated carbocycles. The summed E-state index contributed by atoms with van der Waals surface area (Å²) in [6.45, 7) is 11.4. The second-order valence-corrected chi connectivity index (χ2v) is 21.6. The fraction of sp³-hybridized carbons (Fsp3) is 0.950. The minimum absolute atomic E-state index is 0.0623. The Morgan fingerprint density at radius 2 is 0.500 bits per heavy atom. The van der Waals surface area contributed by atoms with E-state index in [-0.39, 0.29) is 31.1 Å². The van der Waals surface area contributed by atoms with Gasteiger partial charge in [0.1, 0.15) is 13.2 Å². The first-order valence-corrected chi connectivity index (χ1v) is 29.7. The largest absolute Gasteiger partial charge is 0.462 e. The van der Waals surface area contributed by atoms with Gasteiger partial charge in [-0.1, -0.05) is 298 Å². The molecule has 66 heavy (non-hydrogen) atoms. The number of carbonyl (C=O) groups excluding carboxylic acids is 3. The summed E-state index contributed by atoms with van der Waals surface area (Å²) in [7, 11) is 0. The lowest BCUT2D eigenvalue weighted by atomic mass is 10.0. The zero-order valence-electron chi connectivity index (χ0n) is 45.3. The average Bonchev–Trinajstić information content (AvgIpc) is 3.29. The van der Waals surface area contributed by atoms with E-state index >= 15 is 0 Å². The summed E-state index contributed by atoms with van der Waals surface area (Å²) in [6.07, 6.45) is 56.6. The zero-order chi connectivity index (χ0) is 48.2. The molecule has 0 bridgehead atoms. The molecule has 0 aromatic rings. The van der Waals surface area contributed by atoms with E-state index < -0.39 is 6.10 Å². The van der Waals surface area contributed by atoms with Gasteiger partial charge in [-0.05, 0) is 31.1 Å². The van der Waals surface area contributed by atoms with Crippen LogP contribution in [0.15, 0.2) is 0 Å². The minimum atomic E-state index is -0.763. The van der Waals surface area contributed by atoms with Crippen molar-refractivity contribution >= 4 is 17.9 Å². The summed E-state index contributed by atoms with van der Waals surface area (Å²) in [5.41, 5.74) is 0. The Bertz CT molecular complexity index is 1010. The highest BCUT2D eigenvalue weighted by Crippen LogP contribution is 2.18. The molecule has 0 fully saturated rings. The zero-order valence-corrected chi connectivity index (χ0v) is 45.3. The molecule has 0 aliphatic carbocycles. The van der Waals surface area contributed by atoms with Crippen molar-refractivity contribution in [3.05, 3.63) is 0 Å². The molecule has 0 unspecified atom stereocenters. The normalized spacial score (nSPS) is 12.0. The molecule has 0 spiro atoms. The van der Waals surface area contributed by atoms with Crippen LogP contribution in [-0.2, 0) is 28.6 Å². The summed E-state index contributed by atoms with van der Waals surface area (Å²) in [4.78, 5) is 38.2. The smallest absolute Gasteiger partial charge is 0.306 e. The molecule has 6 nitrogen and oxygen atoms in total. The third-order valence-electron chi connectivity index (χ3n) is 13.7. The van der Waals surface area contributed by atoms with Crippen LogP contribution in [-0.4, -0.2) is 37.2 Å². The number of hydrogen-bond acceptors (Lipinski definition) is 6. The maximum Gasteiger partial charge on any atom is 0.306 e. The molecule has 0 radical (unpaired) electrons. The van der Waals surface area contributed by atoms with Gasteiger partial charge >= 0.3 is 17.9 Å². The monoisotopic (exact) mass is 933 g/mol. The molecule has 0 heterocycles. The maximum absolute atomic E-state index is 12.9. The number of carbonyl (C=O) groups is 3. The first-order valence-electron chi connectivity index (χ1n) is 29.7. The Balaban J connectivity index is 4.30. The molecule has 6 heteroatoms. The fourth-order valence-corrected chi connectivity index (χ4v) is 9.23. The third-order valence-corrected chi connectivity index (χ3v) is 13.7. The van der Waals surface area contributed by atoms with Crippen molar-refractivity contribution in [2.45, 2.75) is 343 Å². The lowest BCUT2D eigenvalue weighted by Gasteiger charge is -2.18. The average molecular weight is 934 g/mol. The molecule has 0 amide bonds. The van der Waals surface area contributed by atoms with E-state index in [9.17, 15) is 14.4 Å². The van der Waals surface area contributed by atoms with Gasteiger partial charge in [-0.2, -0.15) is 0 Å². The van der Waals surface area contributed by atoms with Crippen molar-refractivity contribution in [2.24, 2.45) is 11.8 Å². The lowest BCUT2D eigenvalue weighted by molar-refractivity contribution is -0.167. The van der Waals surface area contributed by atoms with Crippen LogP contribution in [0, 0.1) is 11.8 Å². The van der Waals surface area contributed by atoms with Crippen molar-refractivity contribution in [1.29, 1.82) is 0 Å². The van der Waals surface area contributed by atoms with Crippen molar-refractivity contribution in [1.82, 2.24) is 0 Å². The van der Waals surface area contributed by atoms with Gasteiger partial charge in [0.15, 0.2) is 6.10 Å². The van der Waals surface area contributed by atoms with Gasteiger partial charge in [-0.25, -0.2) is 0 Å². The van der Waals surface area contributed by atoms with E-state index in [0.29, 0.717) is 19.3 Å². The van der Waals surface area contributed by atoms with Crippen LogP contribution in [0.1, 0.15) is 336 Å². The number of hydrogen-bond donors (Lipinski definition) is 0. The van der Waals surface area contributed by atoms with Crippen LogP contribution in [0.5, 0.6) is 0 Å². The van der Waals surface area contributed by atoms with Crippen LogP contribution in [0.4, 0.5) is 0 Å². The molecule has 392 valence electrons. The molecule has 0 aliphatic heterocycles. The first-order chi connectivity index (χ1) is 32.2. The molecule has 0 rings (SSSR count). The highest BCUT2D eigenvalue weighted by molar-refractivity contribution is 5.71. The quantitative estimate of drug-likeness (QED) is 0.0343. The first kappa shape index (κ1) is 64.4. The van der Waals surface area contributed by atoms with Crippen molar-refractivity contribution < 1.29 is 28.6 Å². The Morgan fingerprint density at radius 1 is 0.288 bits per heavy atom. The third kappa shape index (κ3) is 53.4. The summed E-state index contributed by atoms with van der Waals surface area (Å²) in [5.74, 6) is 0.845. The lowest BCUT2D eigenvalue weighted by Crippen LogP contribution is -2.30. The Hall–Kier alpha value is -1.59. The molecule has 0 N–H and O–H groups in total. The highest BCUT2D eigenvalue weighted by Gasteiger charge is 2.19. The van der Waals surface area contributed by atoms with Crippen molar-refractivity contribution in [3.8, 4) is 0 Å². The van der Waals surface area contributed by atoms with Gasteiger partial charge in [0, 0.05) is 19.3 Å². The molecule has 0 aromatic carbocycles. The van der Waals surface area contributed by atoms with Gasteiger partial charge in [-0.15, -0.1) is 0 Å². The van der Waals surface area contributed by atoms with Crippen molar-refractivity contribution in [2.75, 3.05) is 13.2 Å². The molecule has 0 aromatic heterocycles. The van der Waals surface area contributed by atoms with Gasteiger partial charge in [-0.3, -0.25) is 14.4 Å². The van der Waals surface area contributed by atoms with E-state index in [4.69, 9.17) is 14.2 Å². The molecule has 0 aliphatic rings. The van der Waals surface area contributed by atoms with Gasteiger partial charge in [0.25, 0.3) is 0 Å². The summed E-state index contributed by atoms with van der Waals surface area (Å²) in [6, 6.07) is 0. The number of ether oxygens (including phenoxy) is 3. The topological polar surface area (TPSA) is 78.9 Å². The van der Waals surface area contributed by atoms with E-state index in [1.807, 2.05) is 0 Å². The van der Waals surface area contributed by atoms with Crippen LogP contribution in [0.2, 0.25) is 0 Å². The fourth-order valence-electron chi connectivity index (χ4n) is 9.23.